The number of nitrogens with zero attached hydrogens (tertiary/aromatic N) is 1. The van der Waals surface area contributed by atoms with E-state index in [1.54, 1.807) is 16.5 Å². The summed E-state index contributed by atoms with van der Waals surface area (Å²) in [5.74, 6) is -0.176. The van der Waals surface area contributed by atoms with Gasteiger partial charge in [0.1, 0.15) is 5.25 Å². The van der Waals surface area contributed by atoms with Gasteiger partial charge in [-0.2, -0.15) is 0 Å². The van der Waals surface area contributed by atoms with Crippen LogP contribution in [-0.2, 0) is 9.59 Å². The lowest BCUT2D eigenvalue weighted by atomic mass is 10.2. The molecule has 3 nitrogen and oxygen atoms in total. The normalized spacial score (nSPS) is 23.0. The van der Waals surface area contributed by atoms with Crippen molar-refractivity contribution in [3.05, 3.63) is 11.6 Å². The molecule has 12 heavy (non-hydrogen) atoms. The standard InChI is InChI=1S/C8H11NO2S/c1-3-9-4-5-12-7(6(2)10)8(9)11/h4-5,7H,3H2,1-2H3. The fourth-order valence-electron chi connectivity index (χ4n) is 1.00. The van der Waals surface area contributed by atoms with Crippen LogP contribution >= 0.6 is 11.8 Å². The van der Waals surface area contributed by atoms with E-state index in [9.17, 15) is 9.59 Å². The van der Waals surface area contributed by atoms with Crippen molar-refractivity contribution in [2.45, 2.75) is 19.1 Å². The smallest absolute Gasteiger partial charge is 0.247 e. The van der Waals surface area contributed by atoms with Crippen molar-refractivity contribution in [1.29, 1.82) is 0 Å². The zero-order valence-corrected chi connectivity index (χ0v) is 7.93. The van der Waals surface area contributed by atoms with Gasteiger partial charge >= 0.3 is 0 Å². The van der Waals surface area contributed by atoms with Crippen molar-refractivity contribution >= 4 is 23.5 Å². The third kappa shape index (κ3) is 1.69. The van der Waals surface area contributed by atoms with Gasteiger partial charge in [0.05, 0.1) is 0 Å². The molecule has 1 unspecified atom stereocenters. The van der Waals surface area contributed by atoms with E-state index < -0.39 is 5.25 Å². The van der Waals surface area contributed by atoms with Crippen molar-refractivity contribution in [3.8, 4) is 0 Å². The molecule has 0 spiro atoms. The van der Waals surface area contributed by atoms with Crippen LogP contribution < -0.4 is 0 Å². The summed E-state index contributed by atoms with van der Waals surface area (Å²) in [6.45, 7) is 3.96. The van der Waals surface area contributed by atoms with Gasteiger partial charge < -0.3 is 4.90 Å². The van der Waals surface area contributed by atoms with E-state index in [-0.39, 0.29) is 11.7 Å². The maximum atomic E-state index is 11.4. The van der Waals surface area contributed by atoms with Crippen LogP contribution in [0.4, 0.5) is 0 Å². The Labute approximate surface area is 75.8 Å². The van der Waals surface area contributed by atoms with Crippen LogP contribution in [-0.4, -0.2) is 28.4 Å². The summed E-state index contributed by atoms with van der Waals surface area (Å²) in [7, 11) is 0. The van der Waals surface area contributed by atoms with Crippen molar-refractivity contribution in [2.75, 3.05) is 6.54 Å². The molecule has 1 aliphatic heterocycles. The molecule has 0 saturated heterocycles. The van der Waals surface area contributed by atoms with Crippen LogP contribution in [0.15, 0.2) is 11.6 Å². The Morgan fingerprint density at radius 3 is 2.92 bits per heavy atom. The summed E-state index contributed by atoms with van der Waals surface area (Å²) in [5, 5.41) is 1.27. The van der Waals surface area contributed by atoms with E-state index in [4.69, 9.17) is 0 Å². The molecule has 0 aromatic rings. The number of hydrogen-bond acceptors (Lipinski definition) is 3. The van der Waals surface area contributed by atoms with Gasteiger partial charge in [0.15, 0.2) is 5.78 Å². The number of carbonyl (C=O) groups excluding carboxylic acids is 2. The third-order valence-electron chi connectivity index (χ3n) is 1.67. The lowest BCUT2D eigenvalue weighted by molar-refractivity contribution is -0.131. The number of carbonyl (C=O) groups is 2. The second-order valence-electron chi connectivity index (χ2n) is 2.54. The molecule has 0 aromatic heterocycles. The first kappa shape index (κ1) is 9.32. The fourth-order valence-corrected chi connectivity index (χ4v) is 1.82. The van der Waals surface area contributed by atoms with Gasteiger partial charge in [-0.25, -0.2) is 0 Å². The van der Waals surface area contributed by atoms with Gasteiger partial charge in [0, 0.05) is 12.7 Å². The van der Waals surface area contributed by atoms with Gasteiger partial charge in [-0.1, -0.05) is 0 Å². The lowest BCUT2D eigenvalue weighted by Gasteiger charge is -2.24. The van der Waals surface area contributed by atoms with Crippen LogP contribution in [0.2, 0.25) is 0 Å². The van der Waals surface area contributed by atoms with Crippen molar-refractivity contribution in [1.82, 2.24) is 4.90 Å². The van der Waals surface area contributed by atoms with E-state index in [1.165, 1.54) is 18.7 Å². The first-order valence-corrected chi connectivity index (χ1v) is 4.74. The molecule has 1 heterocycles. The highest BCUT2D eigenvalue weighted by atomic mass is 32.2. The third-order valence-corrected chi connectivity index (χ3v) is 2.76. The number of amides is 1. The van der Waals surface area contributed by atoms with Crippen LogP contribution in [0.25, 0.3) is 0 Å². The first-order chi connectivity index (χ1) is 5.66. The maximum absolute atomic E-state index is 11.4. The minimum absolute atomic E-state index is 0.0761. The molecule has 1 atom stereocenters. The Hall–Kier alpha value is -0.770. The van der Waals surface area contributed by atoms with Crippen molar-refractivity contribution in [3.63, 3.8) is 0 Å². The summed E-state index contributed by atoms with van der Waals surface area (Å²) in [4.78, 5) is 24.0. The van der Waals surface area contributed by atoms with E-state index >= 15 is 0 Å². The lowest BCUT2D eigenvalue weighted by Crippen LogP contribution is -2.39. The molecular weight excluding hydrogens is 174 g/mol. The fraction of sp³-hybridized carbons (Fsp3) is 0.500. The zero-order valence-electron chi connectivity index (χ0n) is 7.11. The van der Waals surface area contributed by atoms with Gasteiger partial charge in [-0.3, -0.25) is 9.59 Å². The van der Waals surface area contributed by atoms with Crippen molar-refractivity contribution in [2.24, 2.45) is 0 Å². The molecule has 66 valence electrons. The molecule has 0 radical (unpaired) electrons. The van der Waals surface area contributed by atoms with Crippen molar-refractivity contribution < 1.29 is 9.59 Å². The average Bonchev–Trinajstić information content (AvgIpc) is 2.04. The summed E-state index contributed by atoms with van der Waals surface area (Å²) in [5.41, 5.74) is 0. The first-order valence-electron chi connectivity index (χ1n) is 3.80. The maximum Gasteiger partial charge on any atom is 0.247 e. The average molecular weight is 185 g/mol. The largest absolute Gasteiger partial charge is 0.317 e. The number of hydrogen-bond donors (Lipinski definition) is 0. The molecule has 0 aliphatic carbocycles. The Kier molecular flexibility index (Phi) is 2.92. The molecule has 1 amide bonds. The minimum atomic E-state index is -0.519. The van der Waals surface area contributed by atoms with Crippen LogP contribution in [0.3, 0.4) is 0 Å². The number of ketones is 1. The molecule has 1 aliphatic rings. The molecule has 0 N–H and O–H groups in total. The number of Topliss-reactive ketones (excluding diaryl/α,β-unsaturated/α-hetero) is 1. The topological polar surface area (TPSA) is 37.4 Å². The van der Waals surface area contributed by atoms with Gasteiger partial charge in [-0.15, -0.1) is 11.8 Å². The second-order valence-corrected chi connectivity index (χ2v) is 3.55. The van der Waals surface area contributed by atoms with E-state index in [1.807, 2.05) is 6.92 Å². The molecule has 0 fully saturated rings. The molecule has 0 saturated carbocycles. The SMILES string of the molecule is CCN1C=CSC(C(C)=O)C1=O. The minimum Gasteiger partial charge on any atom is -0.317 e. The summed E-state index contributed by atoms with van der Waals surface area (Å²) < 4.78 is 0. The Morgan fingerprint density at radius 1 is 1.75 bits per heavy atom. The number of thioether (sulfide) groups is 1. The Balaban J connectivity index is 2.77. The zero-order chi connectivity index (χ0) is 9.14. The summed E-state index contributed by atoms with van der Waals surface area (Å²) >= 11 is 1.28. The quantitative estimate of drug-likeness (QED) is 0.602. The van der Waals surface area contributed by atoms with Crippen LogP contribution in [0, 0.1) is 0 Å². The van der Waals surface area contributed by atoms with Crippen LogP contribution in [0.5, 0.6) is 0 Å². The van der Waals surface area contributed by atoms with E-state index in [0.29, 0.717) is 6.54 Å². The second kappa shape index (κ2) is 3.76. The Bertz CT molecular complexity index is 237. The highest BCUT2D eigenvalue weighted by Crippen LogP contribution is 2.21. The molecule has 0 bridgehead atoms. The molecule has 0 aromatic carbocycles. The van der Waals surface area contributed by atoms with Gasteiger partial charge in [0.25, 0.3) is 0 Å². The summed E-state index contributed by atoms with van der Waals surface area (Å²) in [6, 6.07) is 0. The van der Waals surface area contributed by atoms with Crippen LogP contribution in [0.1, 0.15) is 13.8 Å². The highest BCUT2D eigenvalue weighted by Gasteiger charge is 2.28. The van der Waals surface area contributed by atoms with E-state index in [0.717, 1.165) is 0 Å². The highest BCUT2D eigenvalue weighted by molar-refractivity contribution is 8.04. The van der Waals surface area contributed by atoms with Gasteiger partial charge in [-0.05, 0) is 19.3 Å². The van der Waals surface area contributed by atoms with Gasteiger partial charge in [0.2, 0.25) is 5.91 Å². The predicted molar refractivity (Wildman–Crippen MR) is 48.6 cm³/mol. The predicted octanol–water partition coefficient (Wildman–Crippen LogP) is 1.01. The molecule has 1 rings (SSSR count). The molecular formula is C8H11NO2S. The Morgan fingerprint density at radius 2 is 2.42 bits per heavy atom. The molecule has 4 heteroatoms. The number of rotatable bonds is 2. The summed E-state index contributed by atoms with van der Waals surface area (Å²) in [6.07, 6.45) is 1.71. The monoisotopic (exact) mass is 185 g/mol. The van der Waals surface area contributed by atoms with E-state index in [2.05, 4.69) is 0 Å².